The number of anilines is 1. The van der Waals surface area contributed by atoms with Crippen LogP contribution in [0.25, 0.3) is 0 Å². The molecule has 0 fully saturated rings. The Balaban J connectivity index is 2.01. The number of aliphatic imine (C=N–C) groups is 1. The third kappa shape index (κ3) is 4.06. The van der Waals surface area contributed by atoms with Crippen LogP contribution in [0.1, 0.15) is 38.8 Å². The molecule has 0 saturated heterocycles. The van der Waals surface area contributed by atoms with E-state index in [0.29, 0.717) is 36.3 Å². The highest BCUT2D eigenvalue weighted by atomic mass is 32.2. The maximum atomic E-state index is 12.2. The van der Waals surface area contributed by atoms with Crippen molar-refractivity contribution >= 4 is 22.0 Å². The molecule has 1 atom stereocenters. The van der Waals surface area contributed by atoms with Crippen LogP contribution in [0, 0.1) is 5.92 Å². The predicted octanol–water partition coefficient (Wildman–Crippen LogP) is 2.65. The molecule has 2 aliphatic rings. The fourth-order valence-electron chi connectivity index (χ4n) is 3.10. The van der Waals surface area contributed by atoms with Crippen molar-refractivity contribution in [2.24, 2.45) is 10.9 Å². The Labute approximate surface area is 155 Å². The van der Waals surface area contributed by atoms with Gasteiger partial charge in [-0.25, -0.2) is 8.42 Å². The predicted molar refractivity (Wildman–Crippen MR) is 103 cm³/mol. The minimum absolute atomic E-state index is 0.0114. The number of sulfonamides is 1. The van der Waals surface area contributed by atoms with Crippen molar-refractivity contribution in [1.82, 2.24) is 4.90 Å². The summed E-state index contributed by atoms with van der Waals surface area (Å²) in [5.41, 5.74) is 1.38. The molecule has 144 valence electrons. The minimum atomic E-state index is -3.45. The molecule has 1 aromatic rings. The number of nitrogens with one attached hydrogen (secondary N) is 1. The van der Waals surface area contributed by atoms with E-state index in [0.717, 1.165) is 25.1 Å². The zero-order valence-electron chi connectivity index (χ0n) is 15.6. The molecule has 1 unspecified atom stereocenters. The highest BCUT2D eigenvalue weighted by molar-refractivity contribution is 7.92. The molecule has 2 heterocycles. The fourth-order valence-corrected chi connectivity index (χ4v) is 3.75. The van der Waals surface area contributed by atoms with E-state index in [-0.39, 0.29) is 11.8 Å². The molecule has 1 N–H and O–H groups in total. The number of fused-ring (bicyclic) bond motifs is 1. The van der Waals surface area contributed by atoms with Crippen LogP contribution in [-0.2, 0) is 10.0 Å². The summed E-state index contributed by atoms with van der Waals surface area (Å²) in [6.45, 7) is 8.39. The van der Waals surface area contributed by atoms with Crippen molar-refractivity contribution in [1.29, 1.82) is 0 Å². The smallest absolute Gasteiger partial charge is 0.232 e. The van der Waals surface area contributed by atoms with E-state index < -0.39 is 10.0 Å². The number of hydrogen-bond acceptors (Lipinski definition) is 6. The quantitative estimate of drug-likeness (QED) is 0.785. The molecule has 2 aliphatic heterocycles. The molecule has 8 heteroatoms. The lowest BCUT2D eigenvalue weighted by Crippen LogP contribution is -2.31. The van der Waals surface area contributed by atoms with Gasteiger partial charge in [-0.3, -0.25) is 9.71 Å². The summed E-state index contributed by atoms with van der Waals surface area (Å²) in [6.07, 6.45) is 2.71. The summed E-state index contributed by atoms with van der Waals surface area (Å²) in [5, 5.41) is 0. The molecule has 0 bridgehead atoms. The van der Waals surface area contributed by atoms with Gasteiger partial charge in [-0.15, -0.1) is 0 Å². The lowest BCUT2D eigenvalue weighted by molar-refractivity contribution is 0.209. The highest BCUT2D eigenvalue weighted by Crippen LogP contribution is 2.45. The second kappa shape index (κ2) is 7.73. The normalized spacial score (nSPS) is 19.4. The van der Waals surface area contributed by atoms with Crippen molar-refractivity contribution in [2.75, 3.05) is 36.8 Å². The second-order valence-corrected chi connectivity index (χ2v) is 8.99. The molecule has 0 saturated carbocycles. The van der Waals surface area contributed by atoms with Crippen LogP contribution >= 0.6 is 0 Å². The first-order valence-corrected chi connectivity index (χ1v) is 10.7. The van der Waals surface area contributed by atoms with Crippen LogP contribution in [0.5, 0.6) is 11.5 Å². The van der Waals surface area contributed by atoms with Gasteiger partial charge >= 0.3 is 0 Å². The van der Waals surface area contributed by atoms with Gasteiger partial charge in [-0.1, -0.05) is 13.8 Å². The van der Waals surface area contributed by atoms with E-state index >= 15 is 0 Å². The lowest BCUT2D eigenvalue weighted by Gasteiger charge is -2.34. The molecule has 0 spiro atoms. The largest absolute Gasteiger partial charge is 0.491 e. The summed E-state index contributed by atoms with van der Waals surface area (Å²) in [4.78, 5) is 6.49. The molecule has 26 heavy (non-hydrogen) atoms. The van der Waals surface area contributed by atoms with Crippen LogP contribution in [0.3, 0.4) is 0 Å². The Kier molecular flexibility index (Phi) is 5.60. The Hall–Kier alpha value is -1.96. The van der Waals surface area contributed by atoms with Gasteiger partial charge in [0, 0.05) is 18.5 Å². The van der Waals surface area contributed by atoms with Crippen molar-refractivity contribution in [2.45, 2.75) is 33.2 Å². The third-order valence-electron chi connectivity index (χ3n) is 4.47. The molecule has 1 aromatic carbocycles. The first-order chi connectivity index (χ1) is 12.4. The van der Waals surface area contributed by atoms with Crippen molar-refractivity contribution in [3.8, 4) is 11.5 Å². The van der Waals surface area contributed by atoms with Crippen LogP contribution < -0.4 is 14.2 Å². The maximum Gasteiger partial charge on any atom is 0.232 e. The van der Waals surface area contributed by atoms with Gasteiger partial charge < -0.3 is 14.4 Å². The number of ether oxygens (including phenoxy) is 2. The first-order valence-electron chi connectivity index (χ1n) is 9.10. The summed E-state index contributed by atoms with van der Waals surface area (Å²) in [5.74, 6) is 1.39. The monoisotopic (exact) mass is 381 g/mol. The SMILES string of the molecule is CCS(=O)(=O)Nc1c(OCC(C)C)ccc2c1OCCC2N1C=NCC1. The average molecular weight is 381 g/mol. The van der Waals surface area contributed by atoms with E-state index in [2.05, 4.69) is 14.6 Å². The number of rotatable bonds is 7. The molecule has 7 nitrogen and oxygen atoms in total. The second-order valence-electron chi connectivity index (χ2n) is 6.98. The Bertz CT molecular complexity index is 777. The Morgan fingerprint density at radius 1 is 1.42 bits per heavy atom. The van der Waals surface area contributed by atoms with Gasteiger partial charge in [-0.05, 0) is 25.0 Å². The standard InChI is InChI=1S/C18H27N3O4S/c1-4-26(22,23)20-17-16(25-11-13(2)3)6-5-14-15(7-10-24-18(14)17)21-9-8-19-12-21/h5-6,12-13,15,20H,4,7-11H2,1-3H3. The van der Waals surface area contributed by atoms with Crippen LogP contribution in [-0.4, -0.2) is 51.7 Å². The van der Waals surface area contributed by atoms with Gasteiger partial charge in [0.05, 0.1) is 37.9 Å². The van der Waals surface area contributed by atoms with Gasteiger partial charge in [0.25, 0.3) is 0 Å². The molecule has 0 aliphatic carbocycles. The Morgan fingerprint density at radius 3 is 2.88 bits per heavy atom. The van der Waals surface area contributed by atoms with Crippen LogP contribution in [0.2, 0.25) is 0 Å². The van der Waals surface area contributed by atoms with E-state index in [4.69, 9.17) is 9.47 Å². The van der Waals surface area contributed by atoms with Gasteiger partial charge in [-0.2, -0.15) is 0 Å². The van der Waals surface area contributed by atoms with Crippen LogP contribution in [0.4, 0.5) is 5.69 Å². The zero-order chi connectivity index (χ0) is 18.7. The molecular formula is C18H27N3O4S. The van der Waals surface area contributed by atoms with E-state index in [1.54, 1.807) is 6.92 Å². The fraction of sp³-hybridized carbons (Fsp3) is 0.611. The summed E-state index contributed by atoms with van der Waals surface area (Å²) in [7, 11) is -3.45. The number of hydrogen-bond donors (Lipinski definition) is 1. The van der Waals surface area contributed by atoms with Crippen molar-refractivity contribution < 1.29 is 17.9 Å². The molecule has 0 aromatic heterocycles. The maximum absolute atomic E-state index is 12.2. The molecular weight excluding hydrogens is 354 g/mol. The Morgan fingerprint density at radius 2 is 2.23 bits per heavy atom. The van der Waals surface area contributed by atoms with Gasteiger partial charge in [0.1, 0.15) is 11.4 Å². The highest BCUT2D eigenvalue weighted by Gasteiger charge is 2.31. The summed E-state index contributed by atoms with van der Waals surface area (Å²) < 4.78 is 38.9. The van der Waals surface area contributed by atoms with Gasteiger partial charge in [0.2, 0.25) is 10.0 Å². The molecule has 0 amide bonds. The van der Waals surface area contributed by atoms with E-state index in [9.17, 15) is 8.42 Å². The first kappa shape index (κ1) is 18.8. The minimum Gasteiger partial charge on any atom is -0.491 e. The lowest BCUT2D eigenvalue weighted by atomic mass is 9.98. The van der Waals surface area contributed by atoms with E-state index in [1.807, 2.05) is 32.3 Å². The van der Waals surface area contributed by atoms with Gasteiger partial charge in [0.15, 0.2) is 5.75 Å². The molecule has 0 radical (unpaired) electrons. The number of nitrogens with zero attached hydrogens (tertiary/aromatic N) is 2. The van der Waals surface area contributed by atoms with Crippen molar-refractivity contribution in [3.63, 3.8) is 0 Å². The summed E-state index contributed by atoms with van der Waals surface area (Å²) >= 11 is 0. The van der Waals surface area contributed by atoms with Crippen LogP contribution in [0.15, 0.2) is 17.1 Å². The third-order valence-corrected chi connectivity index (χ3v) is 5.75. The number of benzene rings is 1. The van der Waals surface area contributed by atoms with E-state index in [1.165, 1.54) is 0 Å². The molecule has 3 rings (SSSR count). The zero-order valence-corrected chi connectivity index (χ0v) is 16.4. The summed E-state index contributed by atoms with van der Waals surface area (Å²) in [6, 6.07) is 3.95. The van der Waals surface area contributed by atoms with Crippen molar-refractivity contribution in [3.05, 3.63) is 17.7 Å². The topological polar surface area (TPSA) is 80.2 Å². The average Bonchev–Trinajstić information content (AvgIpc) is 3.14.